The number of fused-ring (bicyclic) bond motifs is 1. The number of anilines is 1. The normalized spacial score (nSPS) is 13.1. The number of aromatic nitrogens is 1. The highest BCUT2D eigenvalue weighted by Crippen LogP contribution is 2.30. The second-order valence-corrected chi connectivity index (χ2v) is 8.27. The molecule has 11 heteroatoms. The van der Waals surface area contributed by atoms with E-state index in [0.717, 1.165) is 5.69 Å². The first-order valence-electron chi connectivity index (χ1n) is 12.2. The number of nitrogens with zero attached hydrogens (tertiary/aromatic N) is 3. The molecule has 1 fully saturated rings. The fraction of sp³-hybridized carbons (Fsp3) is 0.423. The molecule has 0 unspecified atom stereocenters. The Labute approximate surface area is 220 Å². The fourth-order valence-corrected chi connectivity index (χ4v) is 4.12. The first kappa shape index (κ1) is 27.9. The molecule has 3 aromatic rings. The highest BCUT2D eigenvalue weighted by molar-refractivity contribution is 6.32. The molecule has 1 aromatic heterocycles. The van der Waals surface area contributed by atoms with Crippen LogP contribution in [0.3, 0.4) is 0 Å². The summed E-state index contributed by atoms with van der Waals surface area (Å²) in [6.07, 6.45) is 0. The number of carbonyl (C=O) groups is 2. The monoisotopic (exact) mass is 533 g/mol. The fourth-order valence-electron chi connectivity index (χ4n) is 3.93. The summed E-state index contributed by atoms with van der Waals surface area (Å²) in [5.41, 5.74) is 1.71. The standard InChI is InChI=1S/C24H26ClN3O7.C2H6/c1-3-33-23(30)15-34-17-5-7-19-21(13-17)35-24(31)28(19)14-22(29)27-10-8-26(9-11-27)16-4-6-18(25)20(12-16)32-2;1-2/h4-7,12-13H,3,8-11,14-15H2,1-2H3;1-2H3. The first-order chi connectivity index (χ1) is 17.9. The van der Waals surface area contributed by atoms with Gasteiger partial charge in [0.25, 0.3) is 0 Å². The lowest BCUT2D eigenvalue weighted by Gasteiger charge is -2.36. The van der Waals surface area contributed by atoms with Gasteiger partial charge in [-0.3, -0.25) is 9.36 Å². The molecule has 1 amide bonds. The zero-order valence-electron chi connectivity index (χ0n) is 21.5. The van der Waals surface area contributed by atoms with Crippen LogP contribution < -0.4 is 20.1 Å². The van der Waals surface area contributed by atoms with Crippen LogP contribution in [0.1, 0.15) is 20.8 Å². The third-order valence-electron chi connectivity index (χ3n) is 5.73. The highest BCUT2D eigenvalue weighted by atomic mass is 35.5. The van der Waals surface area contributed by atoms with E-state index >= 15 is 0 Å². The number of esters is 1. The van der Waals surface area contributed by atoms with Crippen molar-refractivity contribution >= 4 is 40.3 Å². The molecule has 0 bridgehead atoms. The number of carbonyl (C=O) groups excluding carboxylic acids is 2. The molecule has 1 aliphatic rings. The number of piperazine rings is 1. The van der Waals surface area contributed by atoms with E-state index in [0.29, 0.717) is 48.2 Å². The van der Waals surface area contributed by atoms with Gasteiger partial charge in [0.2, 0.25) is 5.91 Å². The third kappa shape index (κ3) is 6.76. The number of rotatable bonds is 8. The van der Waals surface area contributed by atoms with E-state index in [1.165, 1.54) is 10.6 Å². The zero-order valence-corrected chi connectivity index (χ0v) is 22.2. The Morgan fingerprint density at radius 3 is 2.46 bits per heavy atom. The summed E-state index contributed by atoms with van der Waals surface area (Å²) < 4.78 is 22.1. The van der Waals surface area contributed by atoms with Gasteiger partial charge in [0.15, 0.2) is 12.2 Å². The number of methoxy groups -OCH3 is 1. The van der Waals surface area contributed by atoms with Crippen LogP contribution in [0.25, 0.3) is 11.1 Å². The van der Waals surface area contributed by atoms with Crippen LogP contribution in [0.4, 0.5) is 5.69 Å². The minimum atomic E-state index is -0.636. The number of ether oxygens (including phenoxy) is 3. The van der Waals surface area contributed by atoms with Crippen LogP contribution in [0.15, 0.2) is 45.6 Å². The van der Waals surface area contributed by atoms with E-state index in [1.807, 2.05) is 26.0 Å². The Hall–Kier alpha value is -3.66. The number of hydrogen-bond acceptors (Lipinski definition) is 8. The van der Waals surface area contributed by atoms with Crippen molar-refractivity contribution in [2.75, 3.05) is 51.4 Å². The summed E-state index contributed by atoms with van der Waals surface area (Å²) in [5, 5.41) is 0.542. The smallest absolute Gasteiger partial charge is 0.420 e. The first-order valence-corrected chi connectivity index (χ1v) is 12.6. The second-order valence-electron chi connectivity index (χ2n) is 7.86. The molecular formula is C26H32ClN3O7. The van der Waals surface area contributed by atoms with Gasteiger partial charge in [-0.25, -0.2) is 9.59 Å². The van der Waals surface area contributed by atoms with Crippen molar-refractivity contribution in [3.05, 3.63) is 52.0 Å². The van der Waals surface area contributed by atoms with Crippen molar-refractivity contribution < 1.29 is 28.2 Å². The molecule has 4 rings (SSSR count). The maximum Gasteiger partial charge on any atom is 0.420 e. The molecule has 200 valence electrons. The van der Waals surface area contributed by atoms with Crippen molar-refractivity contribution in [3.8, 4) is 11.5 Å². The molecule has 1 saturated heterocycles. The summed E-state index contributed by atoms with van der Waals surface area (Å²) in [6, 6.07) is 10.3. The van der Waals surface area contributed by atoms with Crippen molar-refractivity contribution in [2.24, 2.45) is 0 Å². The van der Waals surface area contributed by atoms with Crippen LogP contribution in [-0.4, -0.2) is 67.8 Å². The minimum Gasteiger partial charge on any atom is -0.495 e. The van der Waals surface area contributed by atoms with Crippen LogP contribution in [-0.2, 0) is 20.9 Å². The molecule has 0 atom stereocenters. The molecule has 0 radical (unpaired) electrons. The summed E-state index contributed by atoms with van der Waals surface area (Å²) in [5.74, 6) is -0.350. The predicted octanol–water partition coefficient (Wildman–Crippen LogP) is 3.57. The van der Waals surface area contributed by atoms with E-state index < -0.39 is 11.7 Å². The van der Waals surface area contributed by atoms with E-state index in [2.05, 4.69) is 4.90 Å². The number of oxazole rings is 1. The lowest BCUT2D eigenvalue weighted by Crippen LogP contribution is -2.50. The molecule has 2 aromatic carbocycles. The SMILES string of the molecule is CC.CCOC(=O)COc1ccc2c(c1)oc(=O)n2CC(=O)N1CCN(c2ccc(Cl)c(OC)c2)CC1. The van der Waals surface area contributed by atoms with Crippen molar-refractivity contribution in [3.63, 3.8) is 0 Å². The van der Waals surface area contributed by atoms with Crippen LogP contribution in [0.5, 0.6) is 11.5 Å². The largest absolute Gasteiger partial charge is 0.495 e. The molecule has 0 aliphatic carbocycles. The van der Waals surface area contributed by atoms with Gasteiger partial charge >= 0.3 is 11.7 Å². The summed E-state index contributed by atoms with van der Waals surface area (Å²) in [4.78, 5) is 40.7. The number of halogens is 1. The lowest BCUT2D eigenvalue weighted by atomic mass is 10.2. The molecule has 0 N–H and O–H groups in total. The minimum absolute atomic E-state index is 0.135. The van der Waals surface area contributed by atoms with E-state index in [9.17, 15) is 14.4 Å². The van der Waals surface area contributed by atoms with Crippen LogP contribution in [0, 0.1) is 0 Å². The van der Waals surface area contributed by atoms with Gasteiger partial charge < -0.3 is 28.4 Å². The molecule has 1 aliphatic heterocycles. The Balaban J connectivity index is 0.00000186. The number of benzene rings is 2. The van der Waals surface area contributed by atoms with Gasteiger partial charge in [0.1, 0.15) is 18.0 Å². The Bertz CT molecular complexity index is 1280. The topological polar surface area (TPSA) is 103 Å². The van der Waals surface area contributed by atoms with Crippen molar-refractivity contribution in [2.45, 2.75) is 27.3 Å². The van der Waals surface area contributed by atoms with E-state index in [-0.39, 0.29) is 31.2 Å². The summed E-state index contributed by atoms with van der Waals surface area (Å²) >= 11 is 6.11. The average molecular weight is 534 g/mol. The van der Waals surface area contributed by atoms with Gasteiger partial charge in [-0.05, 0) is 31.2 Å². The van der Waals surface area contributed by atoms with Gasteiger partial charge in [-0.2, -0.15) is 0 Å². The Kier molecular flexibility index (Phi) is 9.85. The van der Waals surface area contributed by atoms with E-state index in [4.69, 9.17) is 30.2 Å². The zero-order chi connectivity index (χ0) is 26.9. The van der Waals surface area contributed by atoms with Gasteiger partial charge in [0.05, 0.1) is 24.3 Å². The lowest BCUT2D eigenvalue weighted by molar-refractivity contribution is -0.145. The number of amides is 1. The molecule has 0 spiro atoms. The van der Waals surface area contributed by atoms with Crippen molar-refractivity contribution in [1.29, 1.82) is 0 Å². The Morgan fingerprint density at radius 1 is 1.05 bits per heavy atom. The van der Waals surface area contributed by atoms with Crippen LogP contribution in [0.2, 0.25) is 5.02 Å². The quantitative estimate of drug-likeness (QED) is 0.405. The third-order valence-corrected chi connectivity index (χ3v) is 6.04. The van der Waals surface area contributed by atoms with Gasteiger partial charge in [-0.15, -0.1) is 0 Å². The number of hydrogen-bond donors (Lipinski definition) is 0. The maximum absolute atomic E-state index is 12.9. The van der Waals surface area contributed by atoms with Crippen LogP contribution >= 0.6 is 11.6 Å². The molecule has 37 heavy (non-hydrogen) atoms. The predicted molar refractivity (Wildman–Crippen MR) is 141 cm³/mol. The van der Waals surface area contributed by atoms with Gasteiger partial charge in [0, 0.05) is 44.0 Å². The summed E-state index contributed by atoms with van der Waals surface area (Å²) in [7, 11) is 1.57. The average Bonchev–Trinajstić information content (AvgIpc) is 3.23. The van der Waals surface area contributed by atoms with Gasteiger partial charge in [-0.1, -0.05) is 25.4 Å². The Morgan fingerprint density at radius 2 is 1.78 bits per heavy atom. The molecule has 10 nitrogen and oxygen atoms in total. The van der Waals surface area contributed by atoms with Crippen molar-refractivity contribution in [1.82, 2.24) is 9.47 Å². The maximum atomic E-state index is 12.9. The molecule has 0 saturated carbocycles. The molecule has 2 heterocycles. The highest BCUT2D eigenvalue weighted by Gasteiger charge is 2.24. The molecular weight excluding hydrogens is 502 g/mol. The summed E-state index contributed by atoms with van der Waals surface area (Å²) in [6.45, 7) is 7.89. The second kappa shape index (κ2) is 13.0. The van der Waals surface area contributed by atoms with E-state index in [1.54, 1.807) is 37.1 Å².